The Balaban J connectivity index is 2.37. The van der Waals surface area contributed by atoms with Gasteiger partial charge >= 0.3 is 0 Å². The predicted octanol–water partition coefficient (Wildman–Crippen LogP) is 0.560. The maximum absolute atomic E-state index is 11.4. The summed E-state index contributed by atoms with van der Waals surface area (Å²) in [5.74, 6) is 0.296. The molecule has 1 rings (SSSR count). The van der Waals surface area contributed by atoms with Crippen LogP contribution < -0.4 is 0 Å². The first kappa shape index (κ1) is 9.52. The average molecular weight is 170 g/mol. The molecule has 1 heterocycles. The van der Waals surface area contributed by atoms with E-state index in [0.29, 0.717) is 12.5 Å². The van der Waals surface area contributed by atoms with E-state index < -0.39 is 0 Å². The van der Waals surface area contributed by atoms with E-state index >= 15 is 0 Å². The molecular weight excluding hydrogens is 152 g/mol. The molecule has 0 aliphatic carbocycles. The van der Waals surface area contributed by atoms with Crippen molar-refractivity contribution in [3.8, 4) is 0 Å². The highest BCUT2D eigenvalue weighted by Crippen LogP contribution is 2.02. The fourth-order valence-electron chi connectivity index (χ4n) is 1.53. The fraction of sp³-hybridized carbons (Fsp3) is 0.889. The van der Waals surface area contributed by atoms with Gasteiger partial charge in [0, 0.05) is 19.6 Å². The number of amides is 1. The lowest BCUT2D eigenvalue weighted by Gasteiger charge is -2.33. The van der Waals surface area contributed by atoms with Gasteiger partial charge in [-0.15, -0.1) is 0 Å². The lowest BCUT2D eigenvalue weighted by atomic mass is 10.3. The Labute approximate surface area is 74.3 Å². The van der Waals surface area contributed by atoms with Crippen LogP contribution in [0.3, 0.4) is 0 Å². The molecule has 0 atom stereocenters. The van der Waals surface area contributed by atoms with Crippen LogP contribution in [-0.4, -0.2) is 48.4 Å². The number of carbonyl (C=O) groups excluding carboxylic acids is 1. The molecule has 0 saturated carbocycles. The number of piperazine rings is 1. The van der Waals surface area contributed by atoms with Crippen molar-refractivity contribution in [2.75, 3.05) is 32.7 Å². The van der Waals surface area contributed by atoms with Crippen molar-refractivity contribution in [3.63, 3.8) is 0 Å². The Morgan fingerprint density at radius 1 is 1.33 bits per heavy atom. The predicted molar refractivity (Wildman–Crippen MR) is 49.0 cm³/mol. The van der Waals surface area contributed by atoms with Crippen LogP contribution in [0.5, 0.6) is 0 Å². The normalized spacial score (nSPS) is 20.2. The minimum Gasteiger partial charge on any atom is -0.340 e. The van der Waals surface area contributed by atoms with Crippen molar-refractivity contribution in [2.24, 2.45) is 0 Å². The molecule has 3 nitrogen and oxygen atoms in total. The number of rotatable bonds is 3. The van der Waals surface area contributed by atoms with Crippen molar-refractivity contribution < 1.29 is 4.79 Å². The first-order valence-corrected chi connectivity index (χ1v) is 4.78. The van der Waals surface area contributed by atoms with Crippen LogP contribution in [0.25, 0.3) is 0 Å². The van der Waals surface area contributed by atoms with Gasteiger partial charge in [0.2, 0.25) is 5.91 Å². The second-order valence-electron chi connectivity index (χ2n) is 3.25. The molecule has 0 bridgehead atoms. The summed E-state index contributed by atoms with van der Waals surface area (Å²) >= 11 is 0. The summed E-state index contributed by atoms with van der Waals surface area (Å²) in [7, 11) is 0. The smallest absolute Gasteiger partial charge is 0.236 e. The molecule has 1 saturated heterocycles. The lowest BCUT2D eigenvalue weighted by Crippen LogP contribution is -2.50. The Kier molecular flexibility index (Phi) is 3.53. The summed E-state index contributed by atoms with van der Waals surface area (Å²) in [6, 6.07) is 0. The van der Waals surface area contributed by atoms with Crippen molar-refractivity contribution in [3.05, 3.63) is 0 Å². The van der Waals surface area contributed by atoms with Gasteiger partial charge in [0.05, 0.1) is 6.54 Å². The highest BCUT2D eigenvalue weighted by molar-refractivity contribution is 5.78. The molecule has 0 aromatic rings. The number of likely N-dealkylation sites (N-methyl/N-ethyl adjacent to an activating group) is 1. The number of hydrogen-bond acceptors (Lipinski definition) is 2. The summed E-state index contributed by atoms with van der Waals surface area (Å²) in [5, 5.41) is 0. The highest BCUT2D eigenvalue weighted by atomic mass is 16.2. The first-order valence-electron chi connectivity index (χ1n) is 4.78. The Morgan fingerprint density at radius 3 is 2.58 bits per heavy atom. The first-order chi connectivity index (χ1) is 5.77. The molecule has 1 amide bonds. The third kappa shape index (κ3) is 2.21. The van der Waals surface area contributed by atoms with Gasteiger partial charge in [-0.25, -0.2) is 0 Å². The van der Waals surface area contributed by atoms with E-state index in [1.807, 2.05) is 4.90 Å². The van der Waals surface area contributed by atoms with E-state index in [1.165, 1.54) is 0 Å². The number of nitrogens with zero attached hydrogens (tertiary/aromatic N) is 2. The van der Waals surface area contributed by atoms with Gasteiger partial charge < -0.3 is 4.90 Å². The van der Waals surface area contributed by atoms with E-state index in [1.54, 1.807) is 0 Å². The van der Waals surface area contributed by atoms with Crippen LogP contribution >= 0.6 is 0 Å². The summed E-state index contributed by atoms with van der Waals surface area (Å²) in [5.41, 5.74) is 0. The van der Waals surface area contributed by atoms with Crippen molar-refractivity contribution >= 4 is 5.91 Å². The number of carbonyl (C=O) groups is 1. The molecule has 3 heteroatoms. The Morgan fingerprint density at radius 2 is 2.08 bits per heavy atom. The summed E-state index contributed by atoms with van der Waals surface area (Å²) in [6.07, 6.45) is 1.07. The van der Waals surface area contributed by atoms with Crippen LogP contribution in [0.1, 0.15) is 20.3 Å². The molecule has 70 valence electrons. The van der Waals surface area contributed by atoms with Gasteiger partial charge in [0.25, 0.3) is 0 Å². The molecule has 1 aliphatic heterocycles. The minimum atomic E-state index is 0.296. The molecule has 1 aliphatic rings. The molecule has 0 spiro atoms. The van der Waals surface area contributed by atoms with Crippen molar-refractivity contribution in [1.29, 1.82) is 0 Å². The molecule has 0 N–H and O–H groups in total. The topological polar surface area (TPSA) is 23.6 Å². The van der Waals surface area contributed by atoms with Gasteiger partial charge in [-0.05, 0) is 13.0 Å². The van der Waals surface area contributed by atoms with Crippen molar-refractivity contribution in [1.82, 2.24) is 9.80 Å². The second kappa shape index (κ2) is 4.45. The SMILES string of the molecule is CCCN1CCN(CC)CC1=O. The van der Waals surface area contributed by atoms with Crippen LogP contribution in [0.15, 0.2) is 0 Å². The van der Waals surface area contributed by atoms with Gasteiger partial charge in [0.1, 0.15) is 0 Å². The van der Waals surface area contributed by atoms with Gasteiger partial charge in [0.15, 0.2) is 0 Å². The maximum Gasteiger partial charge on any atom is 0.236 e. The minimum absolute atomic E-state index is 0.296. The zero-order valence-corrected chi connectivity index (χ0v) is 8.05. The van der Waals surface area contributed by atoms with Crippen LogP contribution in [0.4, 0.5) is 0 Å². The summed E-state index contributed by atoms with van der Waals surface area (Å²) < 4.78 is 0. The molecule has 12 heavy (non-hydrogen) atoms. The zero-order valence-electron chi connectivity index (χ0n) is 8.05. The van der Waals surface area contributed by atoms with Crippen LogP contribution in [-0.2, 0) is 4.79 Å². The quantitative estimate of drug-likeness (QED) is 0.618. The molecule has 1 fully saturated rings. The van der Waals surface area contributed by atoms with E-state index in [9.17, 15) is 4.79 Å². The summed E-state index contributed by atoms with van der Waals surface area (Å²) in [4.78, 5) is 15.6. The largest absolute Gasteiger partial charge is 0.340 e. The monoisotopic (exact) mass is 170 g/mol. The van der Waals surface area contributed by atoms with Gasteiger partial charge in [-0.1, -0.05) is 13.8 Å². The van der Waals surface area contributed by atoms with E-state index in [2.05, 4.69) is 18.7 Å². The molecule has 0 radical (unpaired) electrons. The molecular formula is C9H18N2O. The third-order valence-electron chi connectivity index (χ3n) is 2.34. The Bertz CT molecular complexity index is 159. The zero-order chi connectivity index (χ0) is 8.97. The Hall–Kier alpha value is -0.570. The van der Waals surface area contributed by atoms with Gasteiger partial charge in [-0.3, -0.25) is 9.69 Å². The average Bonchev–Trinajstić information content (AvgIpc) is 2.09. The lowest BCUT2D eigenvalue weighted by molar-refractivity contribution is -0.135. The van der Waals surface area contributed by atoms with E-state index in [0.717, 1.165) is 32.6 Å². The van der Waals surface area contributed by atoms with E-state index in [-0.39, 0.29) is 0 Å². The number of hydrogen-bond donors (Lipinski definition) is 0. The molecule has 0 unspecified atom stereocenters. The molecule has 0 aromatic heterocycles. The van der Waals surface area contributed by atoms with Crippen LogP contribution in [0.2, 0.25) is 0 Å². The fourth-order valence-corrected chi connectivity index (χ4v) is 1.53. The van der Waals surface area contributed by atoms with E-state index in [4.69, 9.17) is 0 Å². The second-order valence-corrected chi connectivity index (χ2v) is 3.25. The highest BCUT2D eigenvalue weighted by Gasteiger charge is 2.21. The standard InChI is InChI=1S/C9H18N2O/c1-3-5-11-7-6-10(4-2)8-9(11)12/h3-8H2,1-2H3. The van der Waals surface area contributed by atoms with Crippen molar-refractivity contribution in [2.45, 2.75) is 20.3 Å². The third-order valence-corrected chi connectivity index (χ3v) is 2.34. The summed E-state index contributed by atoms with van der Waals surface area (Å²) in [6.45, 7) is 8.71. The molecule has 0 aromatic carbocycles. The maximum atomic E-state index is 11.4. The van der Waals surface area contributed by atoms with Crippen LogP contribution in [0, 0.1) is 0 Å². The van der Waals surface area contributed by atoms with Gasteiger partial charge in [-0.2, -0.15) is 0 Å².